The number of fused-ring (bicyclic) bond motifs is 1. The number of thiazole rings is 1. The first-order chi connectivity index (χ1) is 17.7. The van der Waals surface area contributed by atoms with Crippen LogP contribution in [0.4, 0.5) is 5.13 Å². The lowest BCUT2D eigenvalue weighted by Crippen LogP contribution is -2.45. The van der Waals surface area contributed by atoms with Gasteiger partial charge in [-0.05, 0) is 63.9 Å². The third-order valence-electron chi connectivity index (χ3n) is 6.88. The standard InChI is InChI=1S/C27H31N5O3S2/c1-19-8-10-23(11-9-19)37(34,35)30-14-12-22(13-15-30)26(33)31(16-17-32-21(3)18-20(2)29-32)27-28-24-6-4-5-7-25(24)36-27/h4-11,18,22H,12-17H2,1-3H3. The van der Waals surface area contributed by atoms with Gasteiger partial charge in [-0.15, -0.1) is 0 Å². The highest BCUT2D eigenvalue weighted by Gasteiger charge is 2.35. The predicted octanol–water partition coefficient (Wildman–Crippen LogP) is 4.55. The third-order valence-corrected chi connectivity index (χ3v) is 9.85. The van der Waals surface area contributed by atoms with Crippen molar-refractivity contribution in [3.05, 3.63) is 71.5 Å². The van der Waals surface area contributed by atoms with Crippen LogP contribution in [0.3, 0.4) is 0 Å². The molecule has 0 atom stereocenters. The molecule has 1 aliphatic heterocycles. The number of carbonyl (C=O) groups is 1. The molecule has 0 N–H and O–H groups in total. The maximum atomic E-state index is 13.8. The average Bonchev–Trinajstić information content (AvgIpc) is 3.46. The number of hydrogen-bond acceptors (Lipinski definition) is 6. The molecule has 2 aromatic heterocycles. The van der Waals surface area contributed by atoms with Crippen LogP contribution in [0, 0.1) is 26.7 Å². The van der Waals surface area contributed by atoms with E-state index in [4.69, 9.17) is 4.98 Å². The molecular weight excluding hydrogens is 506 g/mol. The van der Waals surface area contributed by atoms with E-state index < -0.39 is 10.0 Å². The van der Waals surface area contributed by atoms with E-state index in [0.717, 1.165) is 27.2 Å². The van der Waals surface area contributed by atoms with Crippen molar-refractivity contribution in [3.8, 4) is 0 Å². The highest BCUT2D eigenvalue weighted by molar-refractivity contribution is 7.89. The van der Waals surface area contributed by atoms with Gasteiger partial charge in [-0.2, -0.15) is 9.40 Å². The normalized spacial score (nSPS) is 15.3. The Morgan fingerprint density at radius 1 is 1.05 bits per heavy atom. The number of amides is 1. The van der Waals surface area contributed by atoms with Crippen molar-refractivity contribution in [2.75, 3.05) is 24.5 Å². The molecule has 0 spiro atoms. The summed E-state index contributed by atoms with van der Waals surface area (Å²) in [7, 11) is -3.58. The highest BCUT2D eigenvalue weighted by atomic mass is 32.2. The van der Waals surface area contributed by atoms with Crippen molar-refractivity contribution >= 4 is 42.6 Å². The maximum Gasteiger partial charge on any atom is 0.243 e. The van der Waals surface area contributed by atoms with E-state index in [2.05, 4.69) is 5.10 Å². The van der Waals surface area contributed by atoms with E-state index in [1.54, 1.807) is 17.0 Å². The van der Waals surface area contributed by atoms with Crippen molar-refractivity contribution in [2.45, 2.75) is 45.1 Å². The first kappa shape index (κ1) is 25.6. The molecule has 194 valence electrons. The van der Waals surface area contributed by atoms with E-state index in [1.165, 1.54) is 15.6 Å². The van der Waals surface area contributed by atoms with E-state index in [9.17, 15) is 13.2 Å². The number of benzene rings is 2. The minimum absolute atomic E-state index is 0.00651. The van der Waals surface area contributed by atoms with Crippen LogP contribution in [0.2, 0.25) is 0 Å². The Labute approximate surface area is 221 Å². The van der Waals surface area contributed by atoms with Gasteiger partial charge in [0.1, 0.15) is 0 Å². The Bertz CT molecular complexity index is 1480. The van der Waals surface area contributed by atoms with Gasteiger partial charge in [0.2, 0.25) is 15.9 Å². The quantitative estimate of drug-likeness (QED) is 0.345. The van der Waals surface area contributed by atoms with Crippen molar-refractivity contribution in [1.82, 2.24) is 19.1 Å². The molecule has 0 radical (unpaired) electrons. The Morgan fingerprint density at radius 2 is 1.76 bits per heavy atom. The number of nitrogens with zero attached hydrogens (tertiary/aromatic N) is 5. The minimum Gasteiger partial charge on any atom is -0.286 e. The number of hydrogen-bond donors (Lipinski definition) is 0. The van der Waals surface area contributed by atoms with Crippen molar-refractivity contribution < 1.29 is 13.2 Å². The van der Waals surface area contributed by atoms with E-state index in [1.807, 2.05) is 67.9 Å². The molecule has 4 aromatic rings. The average molecular weight is 538 g/mol. The second-order valence-electron chi connectivity index (χ2n) is 9.60. The van der Waals surface area contributed by atoms with E-state index in [0.29, 0.717) is 49.0 Å². The summed E-state index contributed by atoms with van der Waals surface area (Å²) in [5.41, 5.74) is 3.87. The van der Waals surface area contributed by atoms with Crippen LogP contribution >= 0.6 is 11.3 Å². The smallest absolute Gasteiger partial charge is 0.243 e. The first-order valence-corrected chi connectivity index (χ1v) is 14.7. The maximum absolute atomic E-state index is 13.8. The lowest BCUT2D eigenvalue weighted by molar-refractivity contribution is -0.123. The SMILES string of the molecule is Cc1ccc(S(=O)(=O)N2CCC(C(=O)N(CCn3nc(C)cc3C)c3nc4ccccc4s3)CC2)cc1. The van der Waals surface area contributed by atoms with Gasteiger partial charge < -0.3 is 0 Å². The lowest BCUT2D eigenvalue weighted by atomic mass is 9.96. The Morgan fingerprint density at radius 3 is 2.41 bits per heavy atom. The van der Waals surface area contributed by atoms with Crippen LogP contribution in [0.25, 0.3) is 10.2 Å². The number of sulfonamides is 1. The largest absolute Gasteiger partial charge is 0.286 e. The summed E-state index contributed by atoms with van der Waals surface area (Å²) < 4.78 is 30.7. The van der Waals surface area contributed by atoms with E-state index >= 15 is 0 Å². The molecule has 1 amide bonds. The van der Waals surface area contributed by atoms with Crippen molar-refractivity contribution in [1.29, 1.82) is 0 Å². The minimum atomic E-state index is -3.58. The summed E-state index contributed by atoms with van der Waals surface area (Å²) in [6.45, 7) is 7.53. The number of para-hydroxylation sites is 1. The molecule has 2 aromatic carbocycles. The van der Waals surface area contributed by atoms with Crippen molar-refractivity contribution in [2.24, 2.45) is 5.92 Å². The zero-order valence-corrected chi connectivity index (χ0v) is 22.9. The molecule has 8 nitrogen and oxygen atoms in total. The second kappa shape index (κ2) is 10.4. The summed E-state index contributed by atoms with van der Waals surface area (Å²) >= 11 is 1.50. The van der Waals surface area contributed by atoms with Crippen LogP contribution in [0.5, 0.6) is 0 Å². The zero-order valence-electron chi connectivity index (χ0n) is 21.3. The predicted molar refractivity (Wildman–Crippen MR) is 146 cm³/mol. The van der Waals surface area contributed by atoms with Gasteiger partial charge in [0, 0.05) is 31.2 Å². The number of carbonyl (C=O) groups excluding carboxylic acids is 1. The second-order valence-corrected chi connectivity index (χ2v) is 12.5. The molecule has 5 rings (SSSR count). The number of aryl methyl sites for hydroxylation is 3. The Hall–Kier alpha value is -3.08. The van der Waals surface area contributed by atoms with Gasteiger partial charge in [0.25, 0.3) is 0 Å². The fourth-order valence-electron chi connectivity index (χ4n) is 4.79. The summed E-state index contributed by atoms with van der Waals surface area (Å²) in [4.78, 5) is 20.7. The lowest BCUT2D eigenvalue weighted by Gasteiger charge is -2.33. The van der Waals surface area contributed by atoms with Crippen LogP contribution in [-0.4, -0.2) is 53.0 Å². The van der Waals surface area contributed by atoms with Gasteiger partial charge in [-0.3, -0.25) is 14.4 Å². The summed E-state index contributed by atoms with van der Waals surface area (Å²) in [5.74, 6) is -0.273. The van der Waals surface area contributed by atoms with Crippen LogP contribution in [0.15, 0.2) is 59.5 Å². The summed E-state index contributed by atoms with van der Waals surface area (Å²) in [6.07, 6.45) is 0.955. The molecule has 1 saturated heterocycles. The first-order valence-electron chi connectivity index (χ1n) is 12.5. The number of piperidine rings is 1. The Balaban J connectivity index is 1.34. The molecule has 1 fully saturated rings. The third kappa shape index (κ3) is 5.32. The monoisotopic (exact) mass is 537 g/mol. The number of anilines is 1. The topological polar surface area (TPSA) is 88.4 Å². The zero-order chi connectivity index (χ0) is 26.2. The van der Waals surface area contributed by atoms with Gasteiger partial charge in [-0.25, -0.2) is 13.4 Å². The highest BCUT2D eigenvalue weighted by Crippen LogP contribution is 2.32. The molecule has 10 heteroatoms. The molecule has 3 heterocycles. The summed E-state index contributed by atoms with van der Waals surface area (Å²) in [5, 5.41) is 5.22. The summed E-state index contributed by atoms with van der Waals surface area (Å²) in [6, 6.07) is 16.8. The van der Waals surface area contributed by atoms with Crippen LogP contribution < -0.4 is 4.90 Å². The molecule has 0 unspecified atom stereocenters. The fraction of sp³-hybridized carbons (Fsp3) is 0.370. The molecule has 37 heavy (non-hydrogen) atoms. The van der Waals surface area contributed by atoms with Crippen LogP contribution in [-0.2, 0) is 21.4 Å². The van der Waals surface area contributed by atoms with Gasteiger partial charge in [-0.1, -0.05) is 41.2 Å². The van der Waals surface area contributed by atoms with Gasteiger partial charge in [0.05, 0.1) is 27.4 Å². The molecular formula is C27H31N5O3S2. The van der Waals surface area contributed by atoms with Gasteiger partial charge >= 0.3 is 0 Å². The molecule has 0 aliphatic carbocycles. The molecule has 0 saturated carbocycles. The van der Waals surface area contributed by atoms with Gasteiger partial charge in [0.15, 0.2) is 5.13 Å². The Kier molecular flexibility index (Phi) is 7.15. The van der Waals surface area contributed by atoms with E-state index in [-0.39, 0.29) is 11.8 Å². The number of rotatable bonds is 7. The molecule has 0 bridgehead atoms. The molecule has 1 aliphatic rings. The van der Waals surface area contributed by atoms with Crippen molar-refractivity contribution in [3.63, 3.8) is 0 Å². The van der Waals surface area contributed by atoms with Crippen LogP contribution in [0.1, 0.15) is 29.8 Å². The number of aromatic nitrogens is 3. The fourth-order valence-corrected chi connectivity index (χ4v) is 7.26.